The molecule has 0 rings (SSSR count). The van der Waals surface area contributed by atoms with Crippen LogP contribution in [0.2, 0.25) is 0 Å². The second-order valence-electron chi connectivity index (χ2n) is 3.52. The molecule has 0 bridgehead atoms. The molecule has 0 spiro atoms. The van der Waals surface area contributed by atoms with E-state index in [9.17, 15) is 9.59 Å². The van der Waals surface area contributed by atoms with E-state index in [1.165, 1.54) is 0 Å². The van der Waals surface area contributed by atoms with Gasteiger partial charge in [0.2, 0.25) is 0 Å². The van der Waals surface area contributed by atoms with Crippen molar-refractivity contribution in [3.8, 4) is 0 Å². The van der Waals surface area contributed by atoms with E-state index in [2.05, 4.69) is 22.5 Å². The lowest BCUT2D eigenvalue weighted by atomic mass is 9.90. The molecular weight excluding hydrogens is 263 g/mol. The van der Waals surface area contributed by atoms with Crippen molar-refractivity contribution in [2.75, 3.05) is 13.2 Å². The summed E-state index contributed by atoms with van der Waals surface area (Å²) < 4.78 is 8.86. The topological polar surface area (TPSA) is 52.6 Å². The smallest absolute Gasteiger partial charge is 0.333 e. The fourth-order valence-corrected chi connectivity index (χ4v) is 0.678. The molecule has 0 heterocycles. The van der Waals surface area contributed by atoms with Crippen molar-refractivity contribution in [2.45, 2.75) is 18.1 Å². The molecule has 1 atom stereocenters. The summed E-state index contributed by atoms with van der Waals surface area (Å²) in [7, 11) is 1.68. The first-order chi connectivity index (χ1) is 6.75. The second kappa shape index (κ2) is 5.95. The van der Waals surface area contributed by atoms with Crippen LogP contribution in [0.1, 0.15) is 13.8 Å². The number of carbonyl (C=O) groups excluding carboxylic acids is 2. The molecule has 0 aromatic rings. The lowest BCUT2D eigenvalue weighted by molar-refractivity contribution is -0.150. The summed E-state index contributed by atoms with van der Waals surface area (Å²) in [6.45, 7) is 6.74. The highest BCUT2D eigenvalue weighted by Gasteiger charge is 2.25. The number of halogens is 1. The molecule has 0 aliphatic heterocycles. The van der Waals surface area contributed by atoms with Crippen molar-refractivity contribution in [1.29, 1.82) is 0 Å². The first kappa shape index (κ1) is 14.2. The van der Waals surface area contributed by atoms with Crippen molar-refractivity contribution in [1.82, 2.24) is 0 Å². The molecule has 84 valence electrons. The van der Waals surface area contributed by atoms with Crippen molar-refractivity contribution >= 4 is 35.7 Å². The molecule has 0 saturated heterocycles. The normalized spacial score (nSPS) is 13.8. The maximum Gasteiger partial charge on any atom is 0.333 e. The molecular formula is C9H14BBrO4. The van der Waals surface area contributed by atoms with Gasteiger partial charge >= 0.3 is 11.9 Å². The molecule has 0 amide bonds. The van der Waals surface area contributed by atoms with Gasteiger partial charge < -0.3 is 9.47 Å². The number of esters is 2. The Hall–Kier alpha value is -0.775. The van der Waals surface area contributed by atoms with Crippen molar-refractivity contribution in [3.05, 3.63) is 12.2 Å². The second-order valence-corrected chi connectivity index (χ2v) is 5.51. The maximum atomic E-state index is 11.2. The number of alkyl halides is 1. The highest BCUT2D eigenvalue weighted by Crippen LogP contribution is 2.13. The third kappa shape index (κ3) is 6.33. The summed E-state index contributed by atoms with van der Waals surface area (Å²) >= 11 is 3.15. The van der Waals surface area contributed by atoms with Gasteiger partial charge in [-0.3, -0.25) is 4.79 Å². The van der Waals surface area contributed by atoms with E-state index in [1.54, 1.807) is 21.7 Å². The average Bonchev–Trinajstić information content (AvgIpc) is 2.09. The number of ether oxygens (including phenoxy) is 2. The number of hydrogen-bond acceptors (Lipinski definition) is 4. The van der Waals surface area contributed by atoms with E-state index < -0.39 is 16.2 Å². The summed E-state index contributed by atoms with van der Waals surface area (Å²) in [4.78, 5) is 22.1. The summed E-state index contributed by atoms with van der Waals surface area (Å²) in [5, 5.41) is 0. The summed E-state index contributed by atoms with van der Waals surface area (Å²) in [6.07, 6.45) is 0. The zero-order valence-corrected chi connectivity index (χ0v) is 10.7. The standard InChI is InChI=1S/C9H14BBrO4/c1-6(2)7(12)14-4-5-15-8(13)9(3,10)11/h1,4-5,10H2,2-3H3. The van der Waals surface area contributed by atoms with Crippen LogP contribution in [0.15, 0.2) is 12.2 Å². The van der Waals surface area contributed by atoms with Gasteiger partial charge in [0.25, 0.3) is 0 Å². The van der Waals surface area contributed by atoms with Gasteiger partial charge in [-0.05, 0) is 13.8 Å². The van der Waals surface area contributed by atoms with E-state index in [4.69, 9.17) is 9.47 Å². The average molecular weight is 277 g/mol. The number of carbonyl (C=O) groups is 2. The van der Waals surface area contributed by atoms with Crippen molar-refractivity contribution in [3.63, 3.8) is 0 Å². The van der Waals surface area contributed by atoms with Gasteiger partial charge in [0.05, 0.1) is 4.22 Å². The van der Waals surface area contributed by atoms with Gasteiger partial charge in [-0.25, -0.2) is 4.79 Å². The molecule has 0 aromatic carbocycles. The van der Waals surface area contributed by atoms with Crippen LogP contribution < -0.4 is 0 Å². The van der Waals surface area contributed by atoms with Gasteiger partial charge in [-0.15, -0.1) is 0 Å². The van der Waals surface area contributed by atoms with E-state index in [0.717, 1.165) is 0 Å². The molecule has 0 aromatic heterocycles. The first-order valence-electron chi connectivity index (χ1n) is 4.44. The molecule has 15 heavy (non-hydrogen) atoms. The molecule has 0 aliphatic carbocycles. The molecule has 0 N–H and O–H groups in total. The molecule has 6 heteroatoms. The van der Waals surface area contributed by atoms with E-state index in [1.807, 2.05) is 0 Å². The number of hydrogen-bond donors (Lipinski definition) is 0. The van der Waals surface area contributed by atoms with E-state index in [0.29, 0.717) is 5.57 Å². The van der Waals surface area contributed by atoms with E-state index >= 15 is 0 Å². The fourth-order valence-electron chi connectivity index (χ4n) is 0.564. The fraction of sp³-hybridized carbons (Fsp3) is 0.556. The number of rotatable bonds is 5. The Bertz CT molecular complexity index is 270. The molecule has 0 saturated carbocycles. The minimum absolute atomic E-state index is 0.0422. The Kier molecular flexibility index (Phi) is 5.64. The lowest BCUT2D eigenvalue weighted by Gasteiger charge is -2.14. The monoisotopic (exact) mass is 276 g/mol. The quantitative estimate of drug-likeness (QED) is 0.240. The third-order valence-corrected chi connectivity index (χ3v) is 1.71. The Balaban J connectivity index is 3.69. The van der Waals surface area contributed by atoms with Crippen molar-refractivity contribution < 1.29 is 19.1 Å². The Morgan fingerprint density at radius 2 is 1.87 bits per heavy atom. The molecule has 0 fully saturated rings. The SMILES string of the molecule is BC(C)(Br)C(=O)OCCOC(=O)C(=C)C. The van der Waals surface area contributed by atoms with Crippen LogP contribution in [-0.4, -0.2) is 37.2 Å². The molecule has 1 unspecified atom stereocenters. The highest BCUT2D eigenvalue weighted by atomic mass is 79.9. The van der Waals surface area contributed by atoms with Crippen LogP contribution in [0.25, 0.3) is 0 Å². The predicted molar refractivity (Wildman–Crippen MR) is 62.6 cm³/mol. The largest absolute Gasteiger partial charge is 0.462 e. The van der Waals surface area contributed by atoms with Crippen LogP contribution in [0.3, 0.4) is 0 Å². The van der Waals surface area contributed by atoms with Gasteiger partial charge in [0, 0.05) is 5.57 Å². The Labute approximate surface area is 98.5 Å². The maximum absolute atomic E-state index is 11.2. The summed E-state index contributed by atoms with van der Waals surface area (Å²) in [5.41, 5.74) is 0.321. The zero-order valence-electron chi connectivity index (χ0n) is 9.13. The molecule has 4 nitrogen and oxygen atoms in total. The molecule has 0 radical (unpaired) electrons. The van der Waals surface area contributed by atoms with Crippen LogP contribution in [0.5, 0.6) is 0 Å². The van der Waals surface area contributed by atoms with Gasteiger partial charge in [-0.2, -0.15) is 0 Å². The summed E-state index contributed by atoms with van der Waals surface area (Å²) in [5.74, 6) is -0.877. The van der Waals surface area contributed by atoms with E-state index in [-0.39, 0.29) is 13.2 Å². The van der Waals surface area contributed by atoms with Gasteiger partial charge in [0.15, 0.2) is 0 Å². The van der Waals surface area contributed by atoms with Crippen LogP contribution in [0, 0.1) is 0 Å². The lowest BCUT2D eigenvalue weighted by Crippen LogP contribution is -2.31. The molecule has 0 aliphatic rings. The zero-order chi connectivity index (χ0) is 12.1. The predicted octanol–water partition coefficient (Wildman–Crippen LogP) is 0.393. The first-order valence-corrected chi connectivity index (χ1v) is 5.23. The van der Waals surface area contributed by atoms with Crippen LogP contribution >= 0.6 is 15.9 Å². The minimum Gasteiger partial charge on any atom is -0.462 e. The van der Waals surface area contributed by atoms with Crippen LogP contribution in [-0.2, 0) is 19.1 Å². The van der Waals surface area contributed by atoms with Crippen molar-refractivity contribution in [2.24, 2.45) is 0 Å². The highest BCUT2D eigenvalue weighted by molar-refractivity contribution is 9.10. The van der Waals surface area contributed by atoms with Gasteiger partial charge in [-0.1, -0.05) is 22.5 Å². The minimum atomic E-state index is -0.717. The Morgan fingerprint density at radius 1 is 1.40 bits per heavy atom. The summed E-state index contributed by atoms with van der Waals surface area (Å²) in [6, 6.07) is 0. The third-order valence-electron chi connectivity index (χ3n) is 1.38. The Morgan fingerprint density at radius 3 is 2.27 bits per heavy atom. The van der Waals surface area contributed by atoms with Gasteiger partial charge in [0.1, 0.15) is 21.1 Å². The van der Waals surface area contributed by atoms with Crippen LogP contribution in [0.4, 0.5) is 0 Å².